The van der Waals surface area contributed by atoms with E-state index in [9.17, 15) is 4.79 Å². The Kier molecular flexibility index (Phi) is 4.73. The van der Waals surface area contributed by atoms with Gasteiger partial charge in [-0.15, -0.1) is 0 Å². The smallest absolute Gasteiger partial charge is 0.224 e. The zero-order valence-electron chi connectivity index (χ0n) is 13.1. The standard InChI is InChI=1S/C17H24N4O/c1-13-4-8-21(9-5-13)10-7-18-16(22)11-14-12-20-17-15(14)3-2-6-19-17/h2-3,6,12-13H,4-5,7-11H2,1H3,(H,18,22)(H,19,20). The molecule has 3 rings (SSSR count). The minimum absolute atomic E-state index is 0.0788. The summed E-state index contributed by atoms with van der Waals surface area (Å²) in [4.78, 5) is 21.9. The number of likely N-dealkylation sites (tertiary alicyclic amines) is 1. The lowest BCUT2D eigenvalue weighted by Gasteiger charge is -2.30. The van der Waals surface area contributed by atoms with Crippen LogP contribution in [0.5, 0.6) is 0 Å². The van der Waals surface area contributed by atoms with Crippen LogP contribution >= 0.6 is 0 Å². The van der Waals surface area contributed by atoms with Gasteiger partial charge in [0.05, 0.1) is 6.42 Å². The van der Waals surface area contributed by atoms with Crippen LogP contribution in [-0.4, -0.2) is 47.0 Å². The number of rotatable bonds is 5. The third-order valence-electron chi connectivity index (χ3n) is 4.51. The Hall–Kier alpha value is -1.88. The first-order valence-corrected chi connectivity index (χ1v) is 8.12. The average Bonchev–Trinajstić information content (AvgIpc) is 2.93. The predicted molar refractivity (Wildman–Crippen MR) is 87.6 cm³/mol. The molecular weight excluding hydrogens is 276 g/mol. The Balaban J connectivity index is 1.45. The van der Waals surface area contributed by atoms with Gasteiger partial charge in [-0.3, -0.25) is 4.79 Å². The molecule has 5 heteroatoms. The van der Waals surface area contributed by atoms with Crippen molar-refractivity contribution in [1.82, 2.24) is 20.2 Å². The van der Waals surface area contributed by atoms with Crippen molar-refractivity contribution < 1.29 is 4.79 Å². The van der Waals surface area contributed by atoms with Crippen LogP contribution in [0.25, 0.3) is 11.0 Å². The number of piperidine rings is 1. The Morgan fingerprint density at radius 2 is 2.27 bits per heavy atom. The minimum atomic E-state index is 0.0788. The molecule has 0 aliphatic carbocycles. The summed E-state index contributed by atoms with van der Waals surface area (Å²) >= 11 is 0. The lowest BCUT2D eigenvalue weighted by atomic mass is 9.99. The zero-order valence-corrected chi connectivity index (χ0v) is 13.1. The van der Waals surface area contributed by atoms with Crippen molar-refractivity contribution in [2.75, 3.05) is 26.2 Å². The van der Waals surface area contributed by atoms with Gasteiger partial charge in [-0.1, -0.05) is 6.92 Å². The molecule has 0 bridgehead atoms. The monoisotopic (exact) mass is 300 g/mol. The molecule has 0 spiro atoms. The maximum Gasteiger partial charge on any atom is 0.224 e. The molecule has 1 fully saturated rings. The highest BCUT2D eigenvalue weighted by molar-refractivity contribution is 5.86. The molecule has 22 heavy (non-hydrogen) atoms. The first-order chi connectivity index (χ1) is 10.7. The summed E-state index contributed by atoms with van der Waals surface area (Å²) in [6.07, 6.45) is 6.58. The lowest BCUT2D eigenvalue weighted by Crippen LogP contribution is -2.39. The first kappa shape index (κ1) is 15.0. The van der Waals surface area contributed by atoms with Crippen molar-refractivity contribution in [3.05, 3.63) is 30.1 Å². The van der Waals surface area contributed by atoms with Crippen LogP contribution in [0.15, 0.2) is 24.5 Å². The van der Waals surface area contributed by atoms with E-state index >= 15 is 0 Å². The summed E-state index contributed by atoms with van der Waals surface area (Å²) in [5, 5.41) is 4.06. The van der Waals surface area contributed by atoms with Crippen molar-refractivity contribution in [2.45, 2.75) is 26.2 Å². The average molecular weight is 300 g/mol. The van der Waals surface area contributed by atoms with Gasteiger partial charge in [0.25, 0.3) is 0 Å². The van der Waals surface area contributed by atoms with Gasteiger partial charge >= 0.3 is 0 Å². The molecular formula is C17H24N4O. The molecule has 1 aliphatic rings. The number of hydrogen-bond donors (Lipinski definition) is 2. The summed E-state index contributed by atoms with van der Waals surface area (Å²) in [6.45, 7) is 6.31. The maximum atomic E-state index is 12.1. The highest BCUT2D eigenvalue weighted by Gasteiger charge is 2.15. The van der Waals surface area contributed by atoms with Gasteiger partial charge in [0.15, 0.2) is 0 Å². The highest BCUT2D eigenvalue weighted by atomic mass is 16.1. The number of nitrogens with one attached hydrogen (secondary N) is 2. The summed E-state index contributed by atoms with van der Waals surface area (Å²) in [6, 6.07) is 3.89. The van der Waals surface area contributed by atoms with Crippen molar-refractivity contribution in [2.24, 2.45) is 5.92 Å². The second-order valence-electron chi connectivity index (χ2n) is 6.26. The Morgan fingerprint density at radius 3 is 3.09 bits per heavy atom. The Bertz CT molecular complexity index is 628. The largest absolute Gasteiger partial charge is 0.355 e. The number of H-pyrrole nitrogens is 1. The molecule has 2 aromatic rings. The van der Waals surface area contributed by atoms with Crippen LogP contribution in [0.2, 0.25) is 0 Å². The van der Waals surface area contributed by atoms with Crippen molar-refractivity contribution in [3.8, 4) is 0 Å². The Morgan fingerprint density at radius 1 is 1.45 bits per heavy atom. The van der Waals surface area contributed by atoms with E-state index in [1.54, 1.807) is 6.20 Å². The first-order valence-electron chi connectivity index (χ1n) is 8.12. The van der Waals surface area contributed by atoms with Gasteiger partial charge < -0.3 is 15.2 Å². The van der Waals surface area contributed by atoms with Crippen LogP contribution in [0.3, 0.4) is 0 Å². The third kappa shape index (κ3) is 3.65. The second kappa shape index (κ2) is 6.92. The molecule has 0 radical (unpaired) electrons. The van der Waals surface area contributed by atoms with Gasteiger partial charge in [0.1, 0.15) is 5.65 Å². The molecule has 2 N–H and O–H groups in total. The van der Waals surface area contributed by atoms with E-state index < -0.39 is 0 Å². The number of carbonyl (C=O) groups excluding carboxylic acids is 1. The molecule has 3 heterocycles. The number of carbonyl (C=O) groups is 1. The second-order valence-corrected chi connectivity index (χ2v) is 6.26. The number of amides is 1. The minimum Gasteiger partial charge on any atom is -0.355 e. The molecule has 0 unspecified atom stereocenters. The van der Waals surface area contributed by atoms with Crippen molar-refractivity contribution in [3.63, 3.8) is 0 Å². The Labute approximate surface area is 131 Å². The number of aromatic nitrogens is 2. The maximum absolute atomic E-state index is 12.1. The predicted octanol–water partition coefficient (Wildman–Crippen LogP) is 1.95. The number of nitrogens with zero attached hydrogens (tertiary/aromatic N) is 2. The fraction of sp³-hybridized carbons (Fsp3) is 0.529. The normalized spacial score (nSPS) is 17.0. The lowest BCUT2D eigenvalue weighted by molar-refractivity contribution is -0.120. The summed E-state index contributed by atoms with van der Waals surface area (Å²) in [7, 11) is 0. The van der Waals surface area contributed by atoms with Crippen LogP contribution in [0.4, 0.5) is 0 Å². The summed E-state index contributed by atoms with van der Waals surface area (Å²) in [5.41, 5.74) is 1.85. The molecule has 118 valence electrons. The van der Waals surface area contributed by atoms with Crippen LogP contribution in [-0.2, 0) is 11.2 Å². The van der Waals surface area contributed by atoms with E-state index in [1.807, 2.05) is 18.3 Å². The van der Waals surface area contributed by atoms with E-state index in [4.69, 9.17) is 0 Å². The third-order valence-corrected chi connectivity index (χ3v) is 4.51. The number of pyridine rings is 1. The SMILES string of the molecule is CC1CCN(CCNC(=O)Cc2c[nH]c3ncccc23)CC1. The molecule has 0 atom stereocenters. The number of aromatic amines is 1. The van der Waals surface area contributed by atoms with Crippen molar-refractivity contribution in [1.29, 1.82) is 0 Å². The zero-order chi connectivity index (χ0) is 15.4. The van der Waals surface area contributed by atoms with Crippen LogP contribution in [0, 0.1) is 5.92 Å². The summed E-state index contributed by atoms with van der Waals surface area (Å²) in [5.74, 6) is 0.927. The van der Waals surface area contributed by atoms with Gasteiger partial charge in [-0.2, -0.15) is 0 Å². The fourth-order valence-electron chi connectivity index (χ4n) is 3.03. The van der Waals surface area contributed by atoms with E-state index in [-0.39, 0.29) is 5.91 Å². The molecule has 1 amide bonds. The molecule has 1 saturated heterocycles. The number of hydrogen-bond acceptors (Lipinski definition) is 3. The van der Waals surface area contributed by atoms with Crippen molar-refractivity contribution >= 4 is 16.9 Å². The van der Waals surface area contributed by atoms with E-state index in [0.717, 1.165) is 48.7 Å². The topological polar surface area (TPSA) is 61.0 Å². The molecule has 0 saturated carbocycles. The van der Waals surface area contributed by atoms with Gasteiger partial charge in [0, 0.05) is 30.9 Å². The van der Waals surface area contributed by atoms with Crippen LogP contribution in [0.1, 0.15) is 25.3 Å². The fourth-order valence-corrected chi connectivity index (χ4v) is 3.03. The van der Waals surface area contributed by atoms with Crippen LogP contribution < -0.4 is 5.32 Å². The van der Waals surface area contributed by atoms with Gasteiger partial charge in [0.2, 0.25) is 5.91 Å². The molecule has 0 aromatic carbocycles. The molecule has 2 aromatic heterocycles. The highest BCUT2D eigenvalue weighted by Crippen LogP contribution is 2.16. The summed E-state index contributed by atoms with van der Waals surface area (Å²) < 4.78 is 0. The van der Waals surface area contributed by atoms with E-state index in [0.29, 0.717) is 6.42 Å². The van der Waals surface area contributed by atoms with E-state index in [1.165, 1.54) is 12.8 Å². The van der Waals surface area contributed by atoms with Gasteiger partial charge in [-0.25, -0.2) is 4.98 Å². The van der Waals surface area contributed by atoms with Gasteiger partial charge in [-0.05, 0) is 49.5 Å². The molecule has 1 aliphatic heterocycles. The van der Waals surface area contributed by atoms with E-state index in [2.05, 4.69) is 27.1 Å². The number of fused-ring (bicyclic) bond motifs is 1. The quantitative estimate of drug-likeness (QED) is 0.887. The molecule has 5 nitrogen and oxygen atoms in total.